The van der Waals surface area contributed by atoms with Gasteiger partial charge in [-0.2, -0.15) is 11.8 Å². The Bertz CT molecular complexity index is 650. The molecule has 124 valence electrons. The number of nitrogens with zero attached hydrogens (tertiary/aromatic N) is 2. The van der Waals surface area contributed by atoms with E-state index < -0.39 is 6.04 Å². The van der Waals surface area contributed by atoms with Crippen LogP contribution in [0.15, 0.2) is 36.9 Å². The highest BCUT2D eigenvalue weighted by Crippen LogP contribution is 2.41. The molecule has 0 saturated carbocycles. The van der Waals surface area contributed by atoms with Gasteiger partial charge in [-0.15, -0.1) is 0 Å². The highest BCUT2D eigenvalue weighted by molar-refractivity contribution is 7.98. The smallest absolute Gasteiger partial charge is 0.330 e. The lowest BCUT2D eigenvalue weighted by Gasteiger charge is -2.26. The van der Waals surface area contributed by atoms with Crippen molar-refractivity contribution in [2.75, 3.05) is 12.9 Å². The molecule has 2 aromatic rings. The van der Waals surface area contributed by atoms with Gasteiger partial charge in [0.05, 0.1) is 18.2 Å². The molecule has 4 nitrogen and oxygen atoms in total. The zero-order valence-corrected chi connectivity index (χ0v) is 15.2. The van der Waals surface area contributed by atoms with Crippen molar-refractivity contribution in [1.29, 1.82) is 0 Å². The molecule has 23 heavy (non-hydrogen) atoms. The number of aromatic nitrogens is 2. The normalized spacial score (nSPS) is 13.6. The zero-order valence-electron chi connectivity index (χ0n) is 12.9. The quantitative estimate of drug-likeness (QED) is 0.655. The first-order valence-electron chi connectivity index (χ1n) is 7.20. The summed E-state index contributed by atoms with van der Waals surface area (Å²) in [5, 5.41) is 0.884. The van der Waals surface area contributed by atoms with E-state index in [1.165, 1.54) is 11.8 Å². The molecule has 0 amide bonds. The molecular formula is C16H18Cl2N2O2S. The molecule has 0 aliphatic heterocycles. The fraction of sp³-hybridized carbons (Fsp3) is 0.375. The standard InChI is InChI=1S/C16H18Cl2N2O2S/c1-3-8-22-16(21)14(20-7-6-19-10-20)15(23-2)12-5-4-11(17)9-13(12)18/h4-7,9-10,14-15H,3,8H2,1-2H3. The van der Waals surface area contributed by atoms with E-state index in [2.05, 4.69) is 4.98 Å². The molecule has 0 bridgehead atoms. The van der Waals surface area contributed by atoms with E-state index in [1.807, 2.05) is 19.2 Å². The van der Waals surface area contributed by atoms with Crippen LogP contribution in [0.2, 0.25) is 10.0 Å². The van der Waals surface area contributed by atoms with Crippen LogP contribution < -0.4 is 0 Å². The summed E-state index contributed by atoms with van der Waals surface area (Å²) in [4.78, 5) is 16.6. The van der Waals surface area contributed by atoms with Crippen LogP contribution in [-0.2, 0) is 9.53 Å². The van der Waals surface area contributed by atoms with Gasteiger partial charge in [0.1, 0.15) is 6.04 Å². The molecule has 1 heterocycles. The van der Waals surface area contributed by atoms with Crippen molar-refractivity contribution >= 4 is 40.9 Å². The molecule has 2 atom stereocenters. The summed E-state index contributed by atoms with van der Waals surface area (Å²) in [7, 11) is 0. The molecule has 1 aromatic heterocycles. The van der Waals surface area contributed by atoms with Gasteiger partial charge in [0.15, 0.2) is 0 Å². The van der Waals surface area contributed by atoms with Crippen LogP contribution in [0.3, 0.4) is 0 Å². The summed E-state index contributed by atoms with van der Waals surface area (Å²) in [5.74, 6) is -0.296. The Labute approximate surface area is 150 Å². The lowest BCUT2D eigenvalue weighted by atomic mass is 10.0. The minimum atomic E-state index is -0.544. The lowest BCUT2D eigenvalue weighted by molar-refractivity contribution is -0.147. The monoisotopic (exact) mass is 372 g/mol. The van der Waals surface area contributed by atoms with Gasteiger partial charge in [-0.05, 0) is 30.4 Å². The lowest BCUT2D eigenvalue weighted by Crippen LogP contribution is -2.26. The molecule has 1 aromatic carbocycles. The number of ether oxygens (including phenoxy) is 1. The van der Waals surface area contributed by atoms with Crippen molar-refractivity contribution in [3.8, 4) is 0 Å². The summed E-state index contributed by atoms with van der Waals surface area (Å²) in [6, 6.07) is 4.76. The fourth-order valence-corrected chi connectivity index (χ4v) is 3.84. The van der Waals surface area contributed by atoms with Crippen LogP contribution in [0.25, 0.3) is 0 Å². The Balaban J connectivity index is 2.40. The number of carbonyl (C=O) groups excluding carboxylic acids is 1. The minimum absolute atomic E-state index is 0.210. The van der Waals surface area contributed by atoms with Gasteiger partial charge >= 0.3 is 5.97 Å². The second-order valence-electron chi connectivity index (χ2n) is 4.94. The van der Waals surface area contributed by atoms with E-state index in [0.717, 1.165) is 12.0 Å². The third-order valence-corrected chi connectivity index (χ3v) is 4.93. The van der Waals surface area contributed by atoms with Crippen molar-refractivity contribution in [2.45, 2.75) is 24.6 Å². The number of halogens is 2. The SMILES string of the molecule is CCCOC(=O)C(C(SC)c1ccc(Cl)cc1Cl)n1ccnc1. The average molecular weight is 373 g/mol. The van der Waals surface area contributed by atoms with E-state index in [9.17, 15) is 4.79 Å². The average Bonchev–Trinajstić information content (AvgIpc) is 3.04. The van der Waals surface area contributed by atoms with Crippen LogP contribution in [0, 0.1) is 0 Å². The first kappa shape index (κ1) is 18.2. The maximum Gasteiger partial charge on any atom is 0.330 e. The van der Waals surface area contributed by atoms with Crippen LogP contribution in [-0.4, -0.2) is 28.4 Å². The van der Waals surface area contributed by atoms with Crippen LogP contribution >= 0.6 is 35.0 Å². The Morgan fingerprint density at radius 1 is 1.43 bits per heavy atom. The minimum Gasteiger partial charge on any atom is -0.464 e. The second kappa shape index (κ2) is 8.62. The molecule has 0 N–H and O–H groups in total. The fourth-order valence-electron chi connectivity index (χ4n) is 2.28. The summed E-state index contributed by atoms with van der Waals surface area (Å²) in [6.07, 6.45) is 7.72. The Kier molecular flexibility index (Phi) is 6.81. The molecule has 7 heteroatoms. The Morgan fingerprint density at radius 2 is 2.22 bits per heavy atom. The molecule has 0 aliphatic carbocycles. The molecular weight excluding hydrogens is 355 g/mol. The van der Waals surface area contributed by atoms with Crippen molar-refractivity contribution in [1.82, 2.24) is 9.55 Å². The molecule has 0 aliphatic rings. The Hall–Kier alpha value is -1.17. The van der Waals surface area contributed by atoms with E-state index in [0.29, 0.717) is 16.7 Å². The van der Waals surface area contributed by atoms with E-state index in [4.69, 9.17) is 27.9 Å². The van der Waals surface area contributed by atoms with Crippen LogP contribution in [0.1, 0.15) is 30.2 Å². The van der Waals surface area contributed by atoms with E-state index in [-0.39, 0.29) is 11.2 Å². The number of hydrogen-bond acceptors (Lipinski definition) is 4. The maximum atomic E-state index is 12.6. The number of esters is 1. The maximum absolute atomic E-state index is 12.6. The highest BCUT2D eigenvalue weighted by atomic mass is 35.5. The van der Waals surface area contributed by atoms with Gasteiger partial charge in [0.25, 0.3) is 0 Å². The van der Waals surface area contributed by atoms with Gasteiger partial charge in [0, 0.05) is 22.4 Å². The zero-order chi connectivity index (χ0) is 16.8. The summed E-state index contributed by atoms with van der Waals surface area (Å²) >= 11 is 13.9. The predicted octanol–water partition coefficient (Wildman–Crippen LogP) is 4.79. The largest absolute Gasteiger partial charge is 0.464 e. The first-order chi connectivity index (χ1) is 11.1. The van der Waals surface area contributed by atoms with Gasteiger partial charge in [0.2, 0.25) is 0 Å². The number of rotatable bonds is 7. The van der Waals surface area contributed by atoms with E-state index in [1.54, 1.807) is 35.4 Å². The second-order valence-corrected chi connectivity index (χ2v) is 6.77. The van der Waals surface area contributed by atoms with Gasteiger partial charge in [-0.3, -0.25) is 0 Å². The molecule has 2 unspecified atom stereocenters. The number of thioether (sulfide) groups is 1. The van der Waals surface area contributed by atoms with Gasteiger partial charge in [-0.1, -0.05) is 36.2 Å². The number of carbonyl (C=O) groups is 1. The molecule has 2 rings (SSSR count). The van der Waals surface area contributed by atoms with Crippen molar-refractivity contribution in [3.63, 3.8) is 0 Å². The number of benzene rings is 1. The van der Waals surface area contributed by atoms with E-state index >= 15 is 0 Å². The van der Waals surface area contributed by atoms with Crippen molar-refractivity contribution < 1.29 is 9.53 Å². The van der Waals surface area contributed by atoms with Crippen LogP contribution in [0.4, 0.5) is 0 Å². The first-order valence-corrected chi connectivity index (χ1v) is 9.24. The third kappa shape index (κ3) is 4.43. The molecule has 0 spiro atoms. The topological polar surface area (TPSA) is 44.1 Å². The molecule has 0 fully saturated rings. The number of hydrogen-bond donors (Lipinski definition) is 0. The van der Waals surface area contributed by atoms with Crippen molar-refractivity contribution in [2.24, 2.45) is 0 Å². The highest BCUT2D eigenvalue weighted by Gasteiger charge is 2.33. The van der Waals surface area contributed by atoms with Gasteiger partial charge in [-0.25, -0.2) is 9.78 Å². The Morgan fingerprint density at radius 3 is 2.78 bits per heavy atom. The summed E-state index contributed by atoms with van der Waals surface area (Å²) in [6.45, 7) is 2.35. The predicted molar refractivity (Wildman–Crippen MR) is 95.2 cm³/mol. The van der Waals surface area contributed by atoms with Gasteiger partial charge < -0.3 is 9.30 Å². The molecule has 0 saturated heterocycles. The summed E-state index contributed by atoms with van der Waals surface area (Å²) < 4.78 is 7.13. The summed E-state index contributed by atoms with van der Waals surface area (Å²) in [5.41, 5.74) is 0.843. The number of imidazole rings is 1. The third-order valence-electron chi connectivity index (χ3n) is 3.35. The van der Waals surface area contributed by atoms with Crippen molar-refractivity contribution in [3.05, 3.63) is 52.5 Å². The molecule has 0 radical (unpaired) electrons. The van der Waals surface area contributed by atoms with Crippen LogP contribution in [0.5, 0.6) is 0 Å².